The first kappa shape index (κ1) is 14.8. The molecule has 1 atom stereocenters. The lowest BCUT2D eigenvalue weighted by molar-refractivity contribution is -0.122. The van der Waals surface area contributed by atoms with Crippen LogP contribution >= 0.6 is 0 Å². The predicted molar refractivity (Wildman–Crippen MR) is 75.5 cm³/mol. The highest BCUT2D eigenvalue weighted by Gasteiger charge is 2.25. The van der Waals surface area contributed by atoms with E-state index >= 15 is 0 Å². The number of amides is 1. The average Bonchev–Trinajstić information content (AvgIpc) is 2.89. The molecule has 2 aliphatic rings. The first-order chi connectivity index (χ1) is 9.15. The van der Waals surface area contributed by atoms with Crippen LogP contribution in [0.1, 0.15) is 57.8 Å². The third-order valence-corrected chi connectivity index (χ3v) is 4.85. The third kappa shape index (κ3) is 4.77. The van der Waals surface area contributed by atoms with E-state index in [2.05, 4.69) is 5.32 Å². The Morgan fingerprint density at radius 1 is 1.16 bits per heavy atom. The smallest absolute Gasteiger partial charge is 0.220 e. The number of nitrogens with two attached hydrogens (primary N) is 1. The maximum Gasteiger partial charge on any atom is 0.220 e. The summed E-state index contributed by atoms with van der Waals surface area (Å²) >= 11 is 0. The van der Waals surface area contributed by atoms with Crippen molar-refractivity contribution >= 4 is 5.91 Å². The van der Waals surface area contributed by atoms with Crippen molar-refractivity contribution in [1.82, 2.24) is 5.32 Å². The fourth-order valence-corrected chi connectivity index (χ4v) is 3.60. The van der Waals surface area contributed by atoms with Crippen LogP contribution in [0.25, 0.3) is 0 Å². The van der Waals surface area contributed by atoms with E-state index in [0.717, 1.165) is 38.0 Å². The second-order valence-electron chi connectivity index (χ2n) is 6.40. The van der Waals surface area contributed by atoms with Crippen molar-refractivity contribution in [3.8, 4) is 0 Å². The minimum absolute atomic E-state index is 0.0708. The largest absolute Gasteiger partial charge is 0.392 e. The molecule has 4 N–H and O–H groups in total. The van der Waals surface area contributed by atoms with Gasteiger partial charge >= 0.3 is 0 Å². The van der Waals surface area contributed by atoms with Crippen molar-refractivity contribution < 1.29 is 9.90 Å². The van der Waals surface area contributed by atoms with Crippen LogP contribution in [0.5, 0.6) is 0 Å². The maximum atomic E-state index is 11.1. The summed E-state index contributed by atoms with van der Waals surface area (Å²) < 4.78 is 0. The molecule has 0 radical (unpaired) electrons. The van der Waals surface area contributed by atoms with Crippen molar-refractivity contribution in [3.05, 3.63) is 0 Å². The summed E-state index contributed by atoms with van der Waals surface area (Å²) in [5.74, 6) is 0.656. The minimum atomic E-state index is -0.211. The van der Waals surface area contributed by atoms with Gasteiger partial charge < -0.3 is 16.2 Å². The summed E-state index contributed by atoms with van der Waals surface area (Å²) in [5.41, 5.74) is 5.33. The first-order valence-electron chi connectivity index (χ1n) is 7.86. The van der Waals surface area contributed by atoms with Crippen LogP contribution in [0.15, 0.2) is 0 Å². The number of aliphatic hydroxyl groups is 1. The minimum Gasteiger partial charge on any atom is -0.392 e. The van der Waals surface area contributed by atoms with Gasteiger partial charge in [-0.3, -0.25) is 4.79 Å². The van der Waals surface area contributed by atoms with Crippen LogP contribution in [-0.4, -0.2) is 29.7 Å². The monoisotopic (exact) mass is 268 g/mol. The Balaban J connectivity index is 1.59. The Bertz CT molecular complexity index is 282. The molecule has 0 heterocycles. The molecule has 0 spiro atoms. The maximum absolute atomic E-state index is 11.1. The highest BCUT2D eigenvalue weighted by Crippen LogP contribution is 2.28. The molecule has 19 heavy (non-hydrogen) atoms. The van der Waals surface area contributed by atoms with E-state index in [-0.39, 0.29) is 17.9 Å². The highest BCUT2D eigenvalue weighted by atomic mass is 16.3. The van der Waals surface area contributed by atoms with Gasteiger partial charge in [0.1, 0.15) is 0 Å². The SMILES string of the molecule is NC(=O)C1CCC(NCC(O)CC2CCCC2)CC1. The molecule has 2 rings (SSSR count). The van der Waals surface area contributed by atoms with Gasteiger partial charge in [0.2, 0.25) is 5.91 Å². The van der Waals surface area contributed by atoms with E-state index in [1.54, 1.807) is 0 Å². The van der Waals surface area contributed by atoms with Gasteiger partial charge in [0.05, 0.1) is 6.10 Å². The van der Waals surface area contributed by atoms with Gasteiger partial charge in [0.25, 0.3) is 0 Å². The summed E-state index contributed by atoms with van der Waals surface area (Å²) in [6, 6.07) is 0.453. The molecule has 0 saturated heterocycles. The molecule has 4 heteroatoms. The van der Waals surface area contributed by atoms with Crippen LogP contribution in [0.3, 0.4) is 0 Å². The number of rotatable bonds is 6. The molecule has 4 nitrogen and oxygen atoms in total. The summed E-state index contributed by atoms with van der Waals surface area (Å²) in [7, 11) is 0. The Morgan fingerprint density at radius 3 is 2.37 bits per heavy atom. The normalized spacial score (nSPS) is 30.4. The van der Waals surface area contributed by atoms with Gasteiger partial charge in [-0.25, -0.2) is 0 Å². The first-order valence-corrected chi connectivity index (χ1v) is 7.86. The molecule has 2 fully saturated rings. The highest BCUT2D eigenvalue weighted by molar-refractivity contribution is 5.76. The number of carbonyl (C=O) groups is 1. The topological polar surface area (TPSA) is 75.4 Å². The number of carbonyl (C=O) groups excluding carboxylic acids is 1. The molecule has 0 bridgehead atoms. The Hall–Kier alpha value is -0.610. The van der Waals surface area contributed by atoms with Crippen molar-refractivity contribution in [2.24, 2.45) is 17.6 Å². The van der Waals surface area contributed by atoms with Gasteiger partial charge in [-0.2, -0.15) is 0 Å². The fraction of sp³-hybridized carbons (Fsp3) is 0.933. The molecule has 1 amide bonds. The third-order valence-electron chi connectivity index (χ3n) is 4.85. The van der Waals surface area contributed by atoms with E-state index in [1.165, 1.54) is 25.7 Å². The summed E-state index contributed by atoms with van der Waals surface area (Å²) in [4.78, 5) is 11.1. The number of primary amides is 1. The molecule has 2 saturated carbocycles. The second kappa shape index (κ2) is 7.25. The Kier molecular flexibility index (Phi) is 5.64. The zero-order valence-electron chi connectivity index (χ0n) is 11.8. The lowest BCUT2D eigenvalue weighted by Gasteiger charge is -2.28. The molecule has 0 aliphatic heterocycles. The second-order valence-corrected chi connectivity index (χ2v) is 6.40. The van der Waals surface area contributed by atoms with E-state index in [4.69, 9.17) is 5.73 Å². The van der Waals surface area contributed by atoms with Crippen LogP contribution in [0, 0.1) is 11.8 Å². The van der Waals surface area contributed by atoms with Gasteiger partial charge in [-0.1, -0.05) is 25.7 Å². The zero-order chi connectivity index (χ0) is 13.7. The van der Waals surface area contributed by atoms with Crippen LogP contribution < -0.4 is 11.1 Å². The number of aliphatic hydroxyl groups excluding tert-OH is 1. The van der Waals surface area contributed by atoms with Crippen molar-refractivity contribution in [2.75, 3.05) is 6.54 Å². The van der Waals surface area contributed by atoms with E-state index in [0.29, 0.717) is 12.6 Å². The summed E-state index contributed by atoms with van der Waals surface area (Å²) in [6.07, 6.45) is 9.79. The number of hydrogen-bond donors (Lipinski definition) is 3. The molecule has 0 aromatic heterocycles. The van der Waals surface area contributed by atoms with E-state index in [1.807, 2.05) is 0 Å². The molecule has 2 aliphatic carbocycles. The van der Waals surface area contributed by atoms with Gasteiger partial charge in [0, 0.05) is 18.5 Å². The lowest BCUT2D eigenvalue weighted by Crippen LogP contribution is -2.40. The quantitative estimate of drug-likeness (QED) is 0.684. The van der Waals surface area contributed by atoms with Crippen LogP contribution in [0.4, 0.5) is 0 Å². The zero-order valence-corrected chi connectivity index (χ0v) is 11.8. The summed E-state index contributed by atoms with van der Waals surface area (Å²) in [6.45, 7) is 0.697. The average molecular weight is 268 g/mol. The standard InChI is InChI=1S/C15H28N2O2/c16-15(19)12-5-7-13(8-6-12)17-10-14(18)9-11-3-1-2-4-11/h11-14,17-18H,1-10H2,(H2,16,19). The van der Waals surface area contributed by atoms with E-state index in [9.17, 15) is 9.90 Å². The molecular weight excluding hydrogens is 240 g/mol. The summed E-state index contributed by atoms with van der Waals surface area (Å²) in [5, 5.41) is 13.5. The molecular formula is C15H28N2O2. The molecule has 0 aromatic rings. The molecule has 110 valence electrons. The van der Waals surface area contributed by atoms with Gasteiger partial charge in [0.15, 0.2) is 0 Å². The van der Waals surface area contributed by atoms with Crippen molar-refractivity contribution in [3.63, 3.8) is 0 Å². The van der Waals surface area contributed by atoms with Crippen LogP contribution in [-0.2, 0) is 4.79 Å². The fourth-order valence-electron chi connectivity index (χ4n) is 3.60. The Labute approximate surface area is 116 Å². The van der Waals surface area contributed by atoms with E-state index < -0.39 is 0 Å². The van der Waals surface area contributed by atoms with Crippen molar-refractivity contribution in [2.45, 2.75) is 69.9 Å². The lowest BCUT2D eigenvalue weighted by atomic mass is 9.85. The van der Waals surface area contributed by atoms with Gasteiger partial charge in [-0.15, -0.1) is 0 Å². The van der Waals surface area contributed by atoms with Gasteiger partial charge in [-0.05, 0) is 38.0 Å². The molecule has 0 aromatic carbocycles. The number of hydrogen-bond acceptors (Lipinski definition) is 3. The molecule has 1 unspecified atom stereocenters. The predicted octanol–water partition coefficient (Wildman–Crippen LogP) is 1.56. The van der Waals surface area contributed by atoms with Crippen molar-refractivity contribution in [1.29, 1.82) is 0 Å². The Morgan fingerprint density at radius 2 is 1.79 bits per heavy atom. The number of nitrogens with one attached hydrogen (secondary N) is 1. The van der Waals surface area contributed by atoms with Crippen LogP contribution in [0.2, 0.25) is 0 Å².